The Kier molecular flexibility index (Phi) is 6.24. The predicted molar refractivity (Wildman–Crippen MR) is 105 cm³/mol. The molecule has 1 aliphatic heterocycles. The van der Waals surface area contributed by atoms with Crippen molar-refractivity contribution < 1.29 is 14.5 Å². The van der Waals surface area contributed by atoms with Crippen molar-refractivity contribution in [3.05, 3.63) is 71.8 Å². The third-order valence-electron chi connectivity index (χ3n) is 5.18. The zero-order valence-corrected chi connectivity index (χ0v) is 16.0. The van der Waals surface area contributed by atoms with Gasteiger partial charge in [-0.05, 0) is 5.56 Å². The van der Waals surface area contributed by atoms with E-state index < -0.39 is 0 Å². The van der Waals surface area contributed by atoms with Crippen molar-refractivity contribution >= 4 is 11.8 Å². The van der Waals surface area contributed by atoms with Crippen LogP contribution in [0.1, 0.15) is 23.6 Å². The van der Waals surface area contributed by atoms with Crippen LogP contribution in [0.4, 0.5) is 0 Å². The van der Waals surface area contributed by atoms with Gasteiger partial charge in [0.2, 0.25) is 11.8 Å². The molecular weight excluding hydrogens is 338 g/mol. The highest BCUT2D eigenvalue weighted by Gasteiger charge is 2.34. The van der Waals surface area contributed by atoms with Crippen LogP contribution in [0.2, 0.25) is 0 Å². The first-order valence-electron chi connectivity index (χ1n) is 9.49. The number of likely N-dealkylation sites (N-methyl/N-ethyl adjacent to an activating group) is 1. The Morgan fingerprint density at radius 3 is 2.37 bits per heavy atom. The van der Waals surface area contributed by atoms with Crippen molar-refractivity contribution in [2.45, 2.75) is 19.0 Å². The minimum atomic E-state index is -0.269. The summed E-state index contributed by atoms with van der Waals surface area (Å²) in [6.45, 7) is 1.62. The standard InChI is InChI=1S/C22H27N3O2/c1-24(2)20(18-11-7-4-8-12-18)14-23-22(27)19-13-21(26)25(16-19)15-17-9-5-3-6-10-17/h3-12,19-20H,13-16H2,1-2H3,(H,23,27)/p+1/t19-,20+/m1/s1. The van der Waals surface area contributed by atoms with Gasteiger partial charge in [-0.25, -0.2) is 0 Å². The molecule has 1 saturated heterocycles. The van der Waals surface area contributed by atoms with E-state index in [-0.39, 0.29) is 23.8 Å². The third kappa shape index (κ3) is 4.95. The summed E-state index contributed by atoms with van der Waals surface area (Å²) in [5, 5.41) is 3.07. The quantitative estimate of drug-likeness (QED) is 0.769. The lowest BCUT2D eigenvalue weighted by molar-refractivity contribution is -0.890. The molecule has 2 aromatic carbocycles. The Morgan fingerprint density at radius 1 is 1.11 bits per heavy atom. The lowest BCUT2D eigenvalue weighted by Crippen LogP contribution is -3.07. The molecular formula is C22H28N3O2+. The van der Waals surface area contributed by atoms with Crippen molar-refractivity contribution in [2.24, 2.45) is 5.92 Å². The Bertz CT molecular complexity index is 762. The summed E-state index contributed by atoms with van der Waals surface area (Å²) in [6.07, 6.45) is 0.295. The molecule has 1 fully saturated rings. The lowest BCUT2D eigenvalue weighted by Gasteiger charge is -2.23. The molecule has 2 amide bonds. The molecule has 2 N–H and O–H groups in total. The maximum Gasteiger partial charge on any atom is 0.225 e. The molecule has 142 valence electrons. The molecule has 3 rings (SSSR count). The van der Waals surface area contributed by atoms with Gasteiger partial charge in [-0.3, -0.25) is 9.59 Å². The maximum atomic E-state index is 12.6. The summed E-state index contributed by atoms with van der Waals surface area (Å²) >= 11 is 0. The van der Waals surface area contributed by atoms with E-state index in [1.165, 1.54) is 10.5 Å². The molecule has 0 aromatic heterocycles. The van der Waals surface area contributed by atoms with Crippen molar-refractivity contribution in [3.63, 3.8) is 0 Å². The maximum absolute atomic E-state index is 12.6. The molecule has 0 aliphatic carbocycles. The Balaban J connectivity index is 1.56. The number of hydrogen-bond donors (Lipinski definition) is 2. The monoisotopic (exact) mass is 366 g/mol. The number of likely N-dealkylation sites (tertiary alicyclic amines) is 1. The first kappa shape index (κ1) is 19.1. The summed E-state index contributed by atoms with van der Waals surface area (Å²) in [4.78, 5) is 28.0. The number of benzene rings is 2. The van der Waals surface area contributed by atoms with Gasteiger partial charge in [0.05, 0.1) is 26.6 Å². The Hall–Kier alpha value is -2.66. The number of rotatable bonds is 7. The number of hydrogen-bond acceptors (Lipinski definition) is 2. The number of quaternary nitrogens is 1. The summed E-state index contributed by atoms with van der Waals surface area (Å²) in [5.41, 5.74) is 2.29. The molecule has 1 heterocycles. The van der Waals surface area contributed by atoms with Crippen molar-refractivity contribution in [3.8, 4) is 0 Å². The molecule has 0 bridgehead atoms. The zero-order valence-electron chi connectivity index (χ0n) is 16.0. The average Bonchev–Trinajstić information content (AvgIpc) is 3.04. The van der Waals surface area contributed by atoms with E-state index >= 15 is 0 Å². The van der Waals surface area contributed by atoms with Crippen LogP contribution in [0.3, 0.4) is 0 Å². The molecule has 5 heteroatoms. The molecule has 0 spiro atoms. The van der Waals surface area contributed by atoms with E-state index in [1.54, 1.807) is 4.90 Å². The van der Waals surface area contributed by atoms with Crippen LogP contribution in [0.25, 0.3) is 0 Å². The second-order valence-electron chi connectivity index (χ2n) is 7.45. The number of nitrogens with one attached hydrogen (secondary N) is 2. The smallest absolute Gasteiger partial charge is 0.225 e. The number of nitrogens with zero attached hydrogens (tertiary/aromatic N) is 1. The summed E-state index contributed by atoms with van der Waals surface area (Å²) in [7, 11) is 4.18. The second kappa shape index (κ2) is 8.82. The van der Waals surface area contributed by atoms with E-state index in [4.69, 9.17) is 0 Å². The van der Waals surface area contributed by atoms with Gasteiger partial charge < -0.3 is 15.1 Å². The molecule has 0 radical (unpaired) electrons. The van der Waals surface area contributed by atoms with Gasteiger partial charge in [0.15, 0.2) is 0 Å². The van der Waals surface area contributed by atoms with Gasteiger partial charge in [-0.1, -0.05) is 60.7 Å². The SMILES string of the molecule is C[NH+](C)[C@@H](CNC(=O)[C@@H]1CC(=O)N(Cc2ccccc2)C1)c1ccccc1. The largest absolute Gasteiger partial charge is 0.349 e. The van der Waals surface area contributed by atoms with E-state index in [2.05, 4.69) is 31.5 Å². The van der Waals surface area contributed by atoms with Gasteiger partial charge in [0.1, 0.15) is 6.04 Å². The van der Waals surface area contributed by atoms with Crippen LogP contribution in [0.5, 0.6) is 0 Å². The average molecular weight is 366 g/mol. The number of carbonyl (C=O) groups is 2. The summed E-state index contributed by atoms with van der Waals surface area (Å²) in [5.74, 6) is -0.243. The van der Waals surface area contributed by atoms with E-state index in [0.717, 1.165) is 5.56 Å². The van der Waals surface area contributed by atoms with Crippen molar-refractivity contribution in [1.29, 1.82) is 0 Å². The van der Waals surface area contributed by atoms with Crippen LogP contribution in [-0.2, 0) is 16.1 Å². The van der Waals surface area contributed by atoms with Gasteiger partial charge in [-0.2, -0.15) is 0 Å². The first-order valence-corrected chi connectivity index (χ1v) is 9.49. The van der Waals surface area contributed by atoms with Gasteiger partial charge >= 0.3 is 0 Å². The van der Waals surface area contributed by atoms with Crippen molar-refractivity contribution in [2.75, 3.05) is 27.2 Å². The molecule has 2 aromatic rings. The highest BCUT2D eigenvalue weighted by Crippen LogP contribution is 2.20. The normalized spacial score (nSPS) is 18.0. The fourth-order valence-corrected chi connectivity index (χ4v) is 3.59. The van der Waals surface area contributed by atoms with Crippen LogP contribution in [-0.4, -0.2) is 43.9 Å². The molecule has 27 heavy (non-hydrogen) atoms. The van der Waals surface area contributed by atoms with E-state index in [0.29, 0.717) is 26.1 Å². The first-order chi connectivity index (χ1) is 13.0. The van der Waals surface area contributed by atoms with Gasteiger partial charge in [0.25, 0.3) is 0 Å². The molecule has 2 atom stereocenters. The minimum Gasteiger partial charge on any atom is -0.349 e. The fraction of sp³-hybridized carbons (Fsp3) is 0.364. The Morgan fingerprint density at radius 2 is 1.74 bits per heavy atom. The predicted octanol–water partition coefficient (Wildman–Crippen LogP) is 1.04. The van der Waals surface area contributed by atoms with Crippen LogP contribution in [0.15, 0.2) is 60.7 Å². The van der Waals surface area contributed by atoms with Crippen LogP contribution in [0, 0.1) is 5.92 Å². The van der Waals surface area contributed by atoms with Gasteiger partial charge in [-0.15, -0.1) is 0 Å². The van der Waals surface area contributed by atoms with Crippen LogP contribution >= 0.6 is 0 Å². The fourth-order valence-electron chi connectivity index (χ4n) is 3.59. The highest BCUT2D eigenvalue weighted by molar-refractivity contribution is 5.89. The van der Waals surface area contributed by atoms with E-state index in [1.807, 2.05) is 48.5 Å². The number of amides is 2. The summed E-state index contributed by atoms with van der Waals surface area (Å²) in [6, 6.07) is 20.3. The minimum absolute atomic E-state index is 0.0268. The second-order valence-corrected chi connectivity index (χ2v) is 7.45. The molecule has 1 aliphatic rings. The van der Waals surface area contributed by atoms with Crippen molar-refractivity contribution in [1.82, 2.24) is 10.2 Å². The van der Waals surface area contributed by atoms with Gasteiger partial charge in [0, 0.05) is 25.1 Å². The van der Waals surface area contributed by atoms with Crippen LogP contribution < -0.4 is 10.2 Å². The highest BCUT2D eigenvalue weighted by atomic mass is 16.2. The topological polar surface area (TPSA) is 53.9 Å². The number of carbonyl (C=O) groups excluding carboxylic acids is 2. The lowest BCUT2D eigenvalue weighted by atomic mass is 10.0. The third-order valence-corrected chi connectivity index (χ3v) is 5.18. The zero-order chi connectivity index (χ0) is 19.2. The molecule has 0 saturated carbocycles. The Labute approximate surface area is 161 Å². The summed E-state index contributed by atoms with van der Waals surface area (Å²) < 4.78 is 0. The molecule has 5 nitrogen and oxygen atoms in total. The van der Waals surface area contributed by atoms with E-state index in [9.17, 15) is 9.59 Å². The molecule has 0 unspecified atom stereocenters.